The smallest absolute Gasteiger partial charge is 0.222 e. The van der Waals surface area contributed by atoms with Crippen molar-refractivity contribution < 1.29 is 9.53 Å². The average molecular weight is 141 g/mol. The highest BCUT2D eigenvalue weighted by Crippen LogP contribution is 2.21. The van der Waals surface area contributed by atoms with Gasteiger partial charge in [-0.25, -0.2) is 0 Å². The van der Waals surface area contributed by atoms with Gasteiger partial charge in [0.25, 0.3) is 0 Å². The summed E-state index contributed by atoms with van der Waals surface area (Å²) in [5, 5.41) is 2.89. The average Bonchev–Trinajstić information content (AvgIpc) is 2.27. The molecule has 2 rings (SSSR count). The van der Waals surface area contributed by atoms with Crippen molar-refractivity contribution in [3.63, 3.8) is 0 Å². The Hall–Kier alpha value is -0.570. The van der Waals surface area contributed by atoms with Gasteiger partial charge in [-0.05, 0) is 12.8 Å². The van der Waals surface area contributed by atoms with E-state index in [0.29, 0.717) is 12.5 Å². The Balaban J connectivity index is 2.04. The maximum absolute atomic E-state index is 10.8. The summed E-state index contributed by atoms with van der Waals surface area (Å²) in [5.41, 5.74) is 0. The molecule has 10 heavy (non-hydrogen) atoms. The molecule has 0 aromatic heterocycles. The van der Waals surface area contributed by atoms with E-state index >= 15 is 0 Å². The number of fused-ring (bicyclic) bond motifs is 1. The van der Waals surface area contributed by atoms with Crippen molar-refractivity contribution in [1.82, 2.24) is 5.32 Å². The number of hydrogen-bond donors (Lipinski definition) is 1. The van der Waals surface area contributed by atoms with Crippen LogP contribution in [0.2, 0.25) is 0 Å². The van der Waals surface area contributed by atoms with Gasteiger partial charge >= 0.3 is 0 Å². The summed E-state index contributed by atoms with van der Waals surface area (Å²) < 4.78 is 5.39. The molecule has 56 valence electrons. The Bertz CT molecular complexity index is 142. The molecule has 0 bridgehead atoms. The molecular formula is C7H11NO2. The monoisotopic (exact) mass is 141 g/mol. The van der Waals surface area contributed by atoms with E-state index in [1.165, 1.54) is 0 Å². The van der Waals surface area contributed by atoms with Crippen molar-refractivity contribution in [2.45, 2.75) is 31.4 Å². The second-order valence-electron chi connectivity index (χ2n) is 2.93. The Morgan fingerprint density at radius 1 is 1.60 bits per heavy atom. The van der Waals surface area contributed by atoms with Crippen LogP contribution in [0.15, 0.2) is 0 Å². The molecule has 2 fully saturated rings. The van der Waals surface area contributed by atoms with Crippen LogP contribution in [0.3, 0.4) is 0 Å². The topological polar surface area (TPSA) is 38.3 Å². The van der Waals surface area contributed by atoms with Gasteiger partial charge in [-0.15, -0.1) is 0 Å². The maximum Gasteiger partial charge on any atom is 0.222 e. The van der Waals surface area contributed by atoms with Gasteiger partial charge in [0, 0.05) is 6.61 Å². The van der Waals surface area contributed by atoms with Crippen LogP contribution in [0, 0.1) is 0 Å². The lowest BCUT2D eigenvalue weighted by Crippen LogP contribution is -2.36. The van der Waals surface area contributed by atoms with Crippen molar-refractivity contribution >= 4 is 5.91 Å². The largest absolute Gasteiger partial charge is 0.376 e. The first-order chi connectivity index (χ1) is 4.86. The fourth-order valence-corrected chi connectivity index (χ4v) is 1.65. The van der Waals surface area contributed by atoms with Gasteiger partial charge in [0.1, 0.15) is 0 Å². The van der Waals surface area contributed by atoms with E-state index in [4.69, 9.17) is 4.74 Å². The third-order valence-electron chi connectivity index (χ3n) is 2.17. The molecule has 1 amide bonds. The van der Waals surface area contributed by atoms with Gasteiger partial charge in [0.2, 0.25) is 5.91 Å². The van der Waals surface area contributed by atoms with E-state index in [9.17, 15) is 4.79 Å². The zero-order chi connectivity index (χ0) is 6.97. The molecule has 0 aromatic carbocycles. The van der Waals surface area contributed by atoms with Crippen molar-refractivity contribution in [1.29, 1.82) is 0 Å². The predicted molar refractivity (Wildman–Crippen MR) is 35.5 cm³/mol. The Labute approximate surface area is 59.7 Å². The molecule has 0 aliphatic carbocycles. The molecule has 2 saturated heterocycles. The minimum atomic E-state index is 0.150. The normalized spacial score (nSPS) is 39.0. The highest BCUT2D eigenvalue weighted by molar-refractivity contribution is 5.79. The van der Waals surface area contributed by atoms with Gasteiger partial charge in [-0.1, -0.05) is 0 Å². The standard InChI is InChI=1S/C7H11NO2/c9-7-4-6-5(8-7)2-1-3-10-6/h5-6H,1-4H2,(H,8,9)/t5-,6-/m0/s1. The van der Waals surface area contributed by atoms with Crippen LogP contribution in [0.4, 0.5) is 0 Å². The molecule has 3 nitrogen and oxygen atoms in total. The number of ether oxygens (including phenoxy) is 1. The lowest BCUT2D eigenvalue weighted by molar-refractivity contribution is -0.119. The first-order valence-corrected chi connectivity index (χ1v) is 3.77. The molecule has 2 aliphatic heterocycles. The molecule has 0 saturated carbocycles. The SMILES string of the molecule is O=C1C[C@@H]2OCCC[C@@H]2N1. The number of amides is 1. The van der Waals surface area contributed by atoms with Crippen LogP contribution in [0.5, 0.6) is 0 Å². The van der Waals surface area contributed by atoms with E-state index in [2.05, 4.69) is 5.32 Å². The van der Waals surface area contributed by atoms with E-state index in [1.807, 2.05) is 0 Å². The highest BCUT2D eigenvalue weighted by Gasteiger charge is 2.34. The van der Waals surface area contributed by atoms with Gasteiger partial charge in [0.05, 0.1) is 18.6 Å². The molecule has 0 unspecified atom stereocenters. The first kappa shape index (κ1) is 6.16. The van der Waals surface area contributed by atoms with E-state index < -0.39 is 0 Å². The summed E-state index contributed by atoms with van der Waals surface area (Å²) in [6.45, 7) is 0.829. The van der Waals surface area contributed by atoms with Gasteiger partial charge in [0.15, 0.2) is 0 Å². The predicted octanol–water partition coefficient (Wildman–Crippen LogP) is 0.0539. The minimum Gasteiger partial charge on any atom is -0.376 e. The molecule has 2 atom stereocenters. The zero-order valence-corrected chi connectivity index (χ0v) is 5.80. The van der Waals surface area contributed by atoms with Crippen LogP contribution in [0.25, 0.3) is 0 Å². The highest BCUT2D eigenvalue weighted by atomic mass is 16.5. The van der Waals surface area contributed by atoms with Crippen molar-refractivity contribution in [3.05, 3.63) is 0 Å². The summed E-state index contributed by atoms with van der Waals surface area (Å²) in [7, 11) is 0. The number of carbonyl (C=O) groups is 1. The van der Waals surface area contributed by atoms with Gasteiger partial charge in [-0.3, -0.25) is 4.79 Å². The summed E-state index contributed by atoms with van der Waals surface area (Å²) in [5.74, 6) is 0.150. The number of nitrogens with one attached hydrogen (secondary N) is 1. The fraction of sp³-hybridized carbons (Fsp3) is 0.857. The van der Waals surface area contributed by atoms with Crippen LogP contribution in [-0.4, -0.2) is 24.7 Å². The Morgan fingerprint density at radius 3 is 3.30 bits per heavy atom. The molecular weight excluding hydrogens is 130 g/mol. The Kier molecular flexibility index (Phi) is 1.38. The molecule has 3 heteroatoms. The summed E-state index contributed by atoms with van der Waals surface area (Å²) >= 11 is 0. The van der Waals surface area contributed by atoms with E-state index in [1.54, 1.807) is 0 Å². The fourth-order valence-electron chi connectivity index (χ4n) is 1.65. The molecule has 1 N–H and O–H groups in total. The summed E-state index contributed by atoms with van der Waals surface area (Å²) in [4.78, 5) is 10.8. The zero-order valence-electron chi connectivity index (χ0n) is 5.80. The van der Waals surface area contributed by atoms with Crippen molar-refractivity contribution in [2.24, 2.45) is 0 Å². The minimum absolute atomic E-state index is 0.150. The van der Waals surface area contributed by atoms with Crippen LogP contribution < -0.4 is 5.32 Å². The number of rotatable bonds is 0. The second kappa shape index (κ2) is 2.23. The summed E-state index contributed by atoms with van der Waals surface area (Å²) in [6.07, 6.45) is 2.93. The third-order valence-corrected chi connectivity index (χ3v) is 2.17. The first-order valence-electron chi connectivity index (χ1n) is 3.77. The van der Waals surface area contributed by atoms with E-state index in [-0.39, 0.29) is 12.0 Å². The van der Waals surface area contributed by atoms with E-state index in [0.717, 1.165) is 19.4 Å². The van der Waals surface area contributed by atoms with Crippen molar-refractivity contribution in [2.75, 3.05) is 6.61 Å². The van der Waals surface area contributed by atoms with Crippen LogP contribution >= 0.6 is 0 Å². The molecule has 2 aliphatic rings. The Morgan fingerprint density at radius 2 is 2.50 bits per heavy atom. The summed E-state index contributed by atoms with van der Waals surface area (Å²) in [6, 6.07) is 0.321. The van der Waals surface area contributed by atoms with Crippen LogP contribution in [0.1, 0.15) is 19.3 Å². The lowest BCUT2D eigenvalue weighted by Gasteiger charge is -2.24. The maximum atomic E-state index is 10.8. The molecule has 2 heterocycles. The van der Waals surface area contributed by atoms with Crippen LogP contribution in [-0.2, 0) is 9.53 Å². The molecule has 0 spiro atoms. The van der Waals surface area contributed by atoms with Gasteiger partial charge < -0.3 is 10.1 Å². The molecule has 0 aromatic rings. The quantitative estimate of drug-likeness (QED) is 0.517. The number of carbonyl (C=O) groups excluding carboxylic acids is 1. The molecule has 0 radical (unpaired) electrons. The third kappa shape index (κ3) is 0.904. The lowest BCUT2D eigenvalue weighted by atomic mass is 10.0. The number of hydrogen-bond acceptors (Lipinski definition) is 2. The van der Waals surface area contributed by atoms with Gasteiger partial charge in [-0.2, -0.15) is 0 Å². The van der Waals surface area contributed by atoms with Crippen molar-refractivity contribution in [3.8, 4) is 0 Å². The second-order valence-corrected chi connectivity index (χ2v) is 2.93.